The molecule has 0 bridgehead atoms. The summed E-state index contributed by atoms with van der Waals surface area (Å²) in [5, 5.41) is 6.06. The molecule has 0 spiro atoms. The van der Waals surface area contributed by atoms with Gasteiger partial charge in [-0.25, -0.2) is 4.79 Å². The van der Waals surface area contributed by atoms with Gasteiger partial charge in [0.05, 0.1) is 12.7 Å². The zero-order chi connectivity index (χ0) is 13.8. The molecular formula is C15H27N3O2. The van der Waals surface area contributed by atoms with E-state index < -0.39 is 0 Å². The Balaban J connectivity index is 1.35. The molecule has 0 unspecified atom stereocenters. The van der Waals surface area contributed by atoms with Gasteiger partial charge in [0.25, 0.3) is 0 Å². The summed E-state index contributed by atoms with van der Waals surface area (Å²) in [6.45, 7) is 3.62. The zero-order valence-corrected chi connectivity index (χ0v) is 12.3. The minimum atomic E-state index is -0.0240. The van der Waals surface area contributed by atoms with Crippen LogP contribution in [0, 0.1) is 0 Å². The summed E-state index contributed by atoms with van der Waals surface area (Å²) in [6.07, 6.45) is 8.76. The lowest BCUT2D eigenvalue weighted by molar-refractivity contribution is -0.0458. The van der Waals surface area contributed by atoms with Crippen molar-refractivity contribution < 1.29 is 9.53 Å². The highest BCUT2D eigenvalue weighted by Gasteiger charge is 2.32. The molecule has 0 radical (unpaired) electrons. The Morgan fingerprint density at radius 2 is 2.00 bits per heavy atom. The maximum absolute atomic E-state index is 11.9. The maximum atomic E-state index is 11.9. The molecule has 5 heteroatoms. The van der Waals surface area contributed by atoms with Crippen LogP contribution in [-0.4, -0.2) is 55.4 Å². The quantitative estimate of drug-likeness (QED) is 0.824. The highest BCUT2D eigenvalue weighted by atomic mass is 16.5. The first kappa shape index (κ1) is 14.1. The number of nitrogens with zero attached hydrogens (tertiary/aromatic N) is 1. The summed E-state index contributed by atoms with van der Waals surface area (Å²) in [5.74, 6) is 0. The Kier molecular flexibility index (Phi) is 4.78. The van der Waals surface area contributed by atoms with E-state index in [2.05, 4.69) is 15.5 Å². The Labute approximate surface area is 121 Å². The topological polar surface area (TPSA) is 53.6 Å². The van der Waals surface area contributed by atoms with Crippen LogP contribution in [0.15, 0.2) is 0 Å². The highest BCUT2D eigenvalue weighted by molar-refractivity contribution is 5.74. The zero-order valence-electron chi connectivity index (χ0n) is 12.3. The van der Waals surface area contributed by atoms with Crippen molar-refractivity contribution in [2.45, 2.75) is 63.1 Å². The Bertz CT molecular complexity index is 331. The molecule has 5 nitrogen and oxygen atoms in total. The lowest BCUT2D eigenvalue weighted by atomic mass is 9.96. The molecule has 0 aromatic rings. The van der Waals surface area contributed by atoms with Gasteiger partial charge in [-0.2, -0.15) is 0 Å². The van der Waals surface area contributed by atoms with Crippen LogP contribution < -0.4 is 10.6 Å². The van der Waals surface area contributed by atoms with E-state index in [-0.39, 0.29) is 12.1 Å². The minimum absolute atomic E-state index is 0.0240. The molecule has 1 aliphatic carbocycles. The summed E-state index contributed by atoms with van der Waals surface area (Å²) < 4.78 is 5.85. The fourth-order valence-corrected chi connectivity index (χ4v) is 3.70. The smallest absolute Gasteiger partial charge is 0.315 e. The van der Waals surface area contributed by atoms with Crippen LogP contribution in [0.2, 0.25) is 0 Å². The van der Waals surface area contributed by atoms with Crippen molar-refractivity contribution in [1.29, 1.82) is 0 Å². The van der Waals surface area contributed by atoms with Gasteiger partial charge in [-0.1, -0.05) is 19.3 Å². The molecule has 0 aromatic carbocycles. The van der Waals surface area contributed by atoms with Crippen molar-refractivity contribution in [3.8, 4) is 0 Å². The number of carbonyl (C=O) groups excluding carboxylic acids is 1. The van der Waals surface area contributed by atoms with Gasteiger partial charge >= 0.3 is 6.03 Å². The van der Waals surface area contributed by atoms with Gasteiger partial charge in [-0.15, -0.1) is 0 Å². The van der Waals surface area contributed by atoms with E-state index >= 15 is 0 Å². The number of hydrogen-bond acceptors (Lipinski definition) is 3. The normalized spacial score (nSPS) is 31.8. The molecule has 2 heterocycles. The Hall–Kier alpha value is -0.810. The molecule has 3 rings (SSSR count). The fourth-order valence-electron chi connectivity index (χ4n) is 3.70. The minimum Gasteiger partial charge on any atom is -0.373 e. The average Bonchev–Trinajstić information content (AvgIpc) is 2.93. The monoisotopic (exact) mass is 281 g/mol. The molecule has 1 saturated carbocycles. The van der Waals surface area contributed by atoms with Crippen molar-refractivity contribution >= 4 is 6.03 Å². The second-order valence-corrected chi connectivity index (χ2v) is 6.44. The largest absolute Gasteiger partial charge is 0.373 e. The summed E-state index contributed by atoms with van der Waals surface area (Å²) in [5.41, 5.74) is 0. The molecule has 20 heavy (non-hydrogen) atoms. The van der Waals surface area contributed by atoms with Gasteiger partial charge in [-0.3, -0.25) is 4.90 Å². The van der Waals surface area contributed by atoms with Crippen molar-refractivity contribution in [3.05, 3.63) is 0 Å². The molecular weight excluding hydrogens is 254 g/mol. The molecule has 3 aliphatic rings. The van der Waals surface area contributed by atoms with Crippen LogP contribution in [0.5, 0.6) is 0 Å². The van der Waals surface area contributed by atoms with Crippen molar-refractivity contribution in [3.63, 3.8) is 0 Å². The van der Waals surface area contributed by atoms with E-state index in [1.165, 1.54) is 38.6 Å². The van der Waals surface area contributed by atoms with E-state index in [0.717, 1.165) is 26.0 Å². The third-order valence-corrected chi connectivity index (χ3v) is 4.89. The Morgan fingerprint density at radius 3 is 2.85 bits per heavy atom. The molecule has 2 amide bonds. The molecule has 2 aliphatic heterocycles. The maximum Gasteiger partial charge on any atom is 0.315 e. The number of morpholine rings is 1. The van der Waals surface area contributed by atoms with Crippen LogP contribution in [0.1, 0.15) is 44.9 Å². The number of nitrogens with one attached hydrogen (secondary N) is 2. The Morgan fingerprint density at radius 1 is 1.15 bits per heavy atom. The second-order valence-electron chi connectivity index (χ2n) is 6.44. The number of rotatable bonds is 3. The third-order valence-electron chi connectivity index (χ3n) is 4.89. The number of ether oxygens (including phenoxy) is 1. The van der Waals surface area contributed by atoms with Crippen LogP contribution in [0.25, 0.3) is 0 Å². The first-order valence-corrected chi connectivity index (χ1v) is 8.21. The SMILES string of the molecule is O=C(NC[C@H]1CN2CCC[C@@H]2CO1)NC1CCCCC1. The summed E-state index contributed by atoms with van der Waals surface area (Å²) >= 11 is 0. The van der Waals surface area contributed by atoms with E-state index in [4.69, 9.17) is 4.74 Å². The fraction of sp³-hybridized carbons (Fsp3) is 0.933. The number of hydrogen-bond donors (Lipinski definition) is 2. The van der Waals surface area contributed by atoms with Crippen molar-refractivity contribution in [2.24, 2.45) is 0 Å². The van der Waals surface area contributed by atoms with Crippen LogP contribution in [0.3, 0.4) is 0 Å². The number of carbonyl (C=O) groups is 1. The van der Waals surface area contributed by atoms with E-state index in [1.807, 2.05) is 0 Å². The third kappa shape index (κ3) is 3.64. The lowest BCUT2D eigenvalue weighted by Gasteiger charge is -2.35. The predicted molar refractivity (Wildman–Crippen MR) is 77.7 cm³/mol. The van der Waals surface area contributed by atoms with Gasteiger partial charge in [0.2, 0.25) is 0 Å². The van der Waals surface area contributed by atoms with Crippen molar-refractivity contribution in [2.75, 3.05) is 26.2 Å². The number of amides is 2. The molecule has 2 N–H and O–H groups in total. The summed E-state index contributed by atoms with van der Waals surface area (Å²) in [6, 6.07) is 0.977. The van der Waals surface area contributed by atoms with Gasteiger partial charge < -0.3 is 15.4 Å². The van der Waals surface area contributed by atoms with Crippen LogP contribution >= 0.6 is 0 Å². The standard InChI is InChI=1S/C15H27N3O2/c19-15(17-12-5-2-1-3-6-12)16-9-14-10-18-8-4-7-13(18)11-20-14/h12-14H,1-11H2,(H2,16,17,19)/t13-,14+/m1/s1. The number of fused-ring (bicyclic) bond motifs is 1. The molecule has 2 atom stereocenters. The van der Waals surface area contributed by atoms with Crippen LogP contribution in [0.4, 0.5) is 4.79 Å². The first-order chi connectivity index (χ1) is 9.81. The predicted octanol–water partition coefficient (Wildman–Crippen LogP) is 1.48. The van der Waals surface area contributed by atoms with Crippen LogP contribution in [-0.2, 0) is 4.74 Å². The summed E-state index contributed by atoms with van der Waals surface area (Å²) in [7, 11) is 0. The second kappa shape index (κ2) is 6.76. The molecule has 114 valence electrons. The first-order valence-electron chi connectivity index (χ1n) is 8.21. The van der Waals surface area contributed by atoms with E-state index in [0.29, 0.717) is 18.6 Å². The average molecular weight is 281 g/mol. The highest BCUT2D eigenvalue weighted by Crippen LogP contribution is 2.22. The summed E-state index contributed by atoms with van der Waals surface area (Å²) in [4.78, 5) is 14.4. The van der Waals surface area contributed by atoms with E-state index in [1.54, 1.807) is 0 Å². The van der Waals surface area contributed by atoms with Gasteiger partial charge in [0.1, 0.15) is 0 Å². The van der Waals surface area contributed by atoms with Crippen molar-refractivity contribution in [1.82, 2.24) is 15.5 Å². The number of urea groups is 1. The van der Waals surface area contributed by atoms with Gasteiger partial charge in [0.15, 0.2) is 0 Å². The molecule has 3 fully saturated rings. The molecule has 0 aromatic heterocycles. The van der Waals surface area contributed by atoms with E-state index in [9.17, 15) is 4.79 Å². The molecule has 2 saturated heterocycles. The van der Waals surface area contributed by atoms with Gasteiger partial charge in [-0.05, 0) is 32.2 Å². The lowest BCUT2D eigenvalue weighted by Crippen LogP contribution is -2.52. The van der Waals surface area contributed by atoms with Gasteiger partial charge in [0, 0.05) is 25.2 Å².